The summed E-state index contributed by atoms with van der Waals surface area (Å²) in [7, 11) is 1.63. The highest BCUT2D eigenvalue weighted by atomic mass is 32.1. The van der Waals surface area contributed by atoms with Gasteiger partial charge >= 0.3 is 0 Å². The Morgan fingerprint density at radius 3 is 2.68 bits per heavy atom. The molecule has 3 aromatic rings. The lowest BCUT2D eigenvalue weighted by Crippen LogP contribution is -1.97. The lowest BCUT2D eigenvalue weighted by atomic mass is 10.1. The van der Waals surface area contributed by atoms with Crippen molar-refractivity contribution in [1.29, 1.82) is 0 Å². The minimum absolute atomic E-state index is 0.604. The molecule has 1 unspecified atom stereocenters. The van der Waals surface area contributed by atoms with Crippen molar-refractivity contribution in [2.75, 3.05) is 7.11 Å². The molecule has 1 aromatic heterocycles. The third-order valence-corrected chi connectivity index (χ3v) is 4.29. The molecule has 1 N–H and O–H groups in total. The highest BCUT2D eigenvalue weighted by Crippen LogP contribution is 2.33. The molecular weight excluding hydrogens is 256 g/mol. The number of ether oxygens (including phenoxy) is 1. The van der Waals surface area contributed by atoms with Gasteiger partial charge in [0.2, 0.25) is 0 Å². The third kappa shape index (κ3) is 2.35. The van der Waals surface area contributed by atoms with Gasteiger partial charge in [-0.15, -0.1) is 11.3 Å². The summed E-state index contributed by atoms with van der Waals surface area (Å²) < 4.78 is 6.39. The predicted molar refractivity (Wildman–Crippen MR) is 78.9 cm³/mol. The number of methoxy groups -OCH3 is 1. The van der Waals surface area contributed by atoms with Crippen molar-refractivity contribution >= 4 is 21.4 Å². The molecule has 0 fully saturated rings. The molecule has 2 aromatic carbocycles. The Morgan fingerprint density at radius 2 is 1.89 bits per heavy atom. The summed E-state index contributed by atoms with van der Waals surface area (Å²) >= 11 is 1.62. The SMILES string of the molecule is COc1cccc(C(O)c2cc3ccccc3s2)c1. The van der Waals surface area contributed by atoms with Crippen LogP contribution in [0.1, 0.15) is 16.5 Å². The van der Waals surface area contributed by atoms with E-state index in [0.717, 1.165) is 16.2 Å². The molecule has 0 spiro atoms. The Kier molecular flexibility index (Phi) is 3.23. The average Bonchev–Trinajstić information content (AvgIpc) is 2.90. The van der Waals surface area contributed by atoms with Crippen LogP contribution in [-0.4, -0.2) is 12.2 Å². The molecule has 0 bridgehead atoms. The number of hydrogen-bond donors (Lipinski definition) is 1. The van der Waals surface area contributed by atoms with Gasteiger partial charge in [0.15, 0.2) is 0 Å². The van der Waals surface area contributed by atoms with Crippen LogP contribution >= 0.6 is 11.3 Å². The van der Waals surface area contributed by atoms with Gasteiger partial charge < -0.3 is 9.84 Å². The van der Waals surface area contributed by atoms with E-state index >= 15 is 0 Å². The summed E-state index contributed by atoms with van der Waals surface area (Å²) in [6, 6.07) is 17.8. The second-order valence-electron chi connectivity index (χ2n) is 4.37. The Labute approximate surface area is 115 Å². The summed E-state index contributed by atoms with van der Waals surface area (Å²) in [4.78, 5) is 0.953. The van der Waals surface area contributed by atoms with Crippen LogP contribution < -0.4 is 4.74 Å². The molecular formula is C16H14O2S. The van der Waals surface area contributed by atoms with Gasteiger partial charge in [0.25, 0.3) is 0 Å². The van der Waals surface area contributed by atoms with E-state index in [1.807, 2.05) is 42.5 Å². The molecule has 3 heteroatoms. The Balaban J connectivity index is 2.00. The fourth-order valence-corrected chi connectivity index (χ4v) is 3.19. The van der Waals surface area contributed by atoms with Crippen LogP contribution in [0.15, 0.2) is 54.6 Å². The topological polar surface area (TPSA) is 29.5 Å². The maximum Gasteiger partial charge on any atom is 0.119 e. The standard InChI is InChI=1S/C16H14O2S/c1-18-13-7-4-6-12(9-13)16(17)15-10-11-5-2-3-8-14(11)19-15/h2-10,16-17H,1H3. The van der Waals surface area contributed by atoms with Crippen molar-refractivity contribution in [2.24, 2.45) is 0 Å². The van der Waals surface area contributed by atoms with Crippen molar-refractivity contribution < 1.29 is 9.84 Å². The summed E-state index contributed by atoms with van der Waals surface area (Å²) in [5, 5.41) is 11.6. The van der Waals surface area contributed by atoms with Gasteiger partial charge in [0.05, 0.1) is 7.11 Å². The first-order valence-electron chi connectivity index (χ1n) is 6.08. The molecule has 0 saturated carbocycles. The lowest BCUT2D eigenvalue weighted by molar-refractivity contribution is 0.223. The Bertz CT molecular complexity index is 670. The average molecular weight is 270 g/mol. The molecule has 96 valence electrons. The zero-order chi connectivity index (χ0) is 13.2. The number of aliphatic hydroxyl groups is 1. The van der Waals surface area contributed by atoms with Gasteiger partial charge in [-0.05, 0) is 35.2 Å². The molecule has 0 aliphatic heterocycles. The molecule has 0 saturated heterocycles. The summed E-state index contributed by atoms with van der Waals surface area (Å²) in [5.41, 5.74) is 0.853. The van der Waals surface area contributed by atoms with Crippen molar-refractivity contribution in [3.8, 4) is 5.75 Å². The molecule has 0 aliphatic carbocycles. The highest BCUT2D eigenvalue weighted by molar-refractivity contribution is 7.19. The normalized spacial score (nSPS) is 12.5. The van der Waals surface area contributed by atoms with Crippen molar-refractivity contribution in [3.05, 3.63) is 65.0 Å². The van der Waals surface area contributed by atoms with E-state index in [0.29, 0.717) is 0 Å². The van der Waals surface area contributed by atoms with Crippen LogP contribution in [0.4, 0.5) is 0 Å². The minimum atomic E-state index is -0.604. The van der Waals surface area contributed by atoms with Crippen LogP contribution in [-0.2, 0) is 0 Å². The molecule has 1 heterocycles. The minimum Gasteiger partial charge on any atom is -0.497 e. The van der Waals surface area contributed by atoms with Gasteiger partial charge in [-0.1, -0.05) is 30.3 Å². The summed E-state index contributed by atoms with van der Waals surface area (Å²) in [6.07, 6.45) is -0.604. The van der Waals surface area contributed by atoms with Crippen molar-refractivity contribution in [2.45, 2.75) is 6.10 Å². The van der Waals surface area contributed by atoms with E-state index in [1.54, 1.807) is 18.4 Å². The molecule has 0 aliphatic rings. The van der Waals surface area contributed by atoms with Crippen molar-refractivity contribution in [3.63, 3.8) is 0 Å². The van der Waals surface area contributed by atoms with E-state index in [2.05, 4.69) is 12.1 Å². The summed E-state index contributed by atoms with van der Waals surface area (Å²) in [6.45, 7) is 0. The zero-order valence-corrected chi connectivity index (χ0v) is 11.4. The maximum atomic E-state index is 10.5. The molecule has 19 heavy (non-hydrogen) atoms. The monoisotopic (exact) mass is 270 g/mol. The fraction of sp³-hybridized carbons (Fsp3) is 0.125. The van der Waals surface area contributed by atoms with E-state index in [4.69, 9.17) is 4.74 Å². The fourth-order valence-electron chi connectivity index (χ4n) is 2.11. The third-order valence-electron chi connectivity index (χ3n) is 3.12. The van der Waals surface area contributed by atoms with Gasteiger partial charge in [0.1, 0.15) is 11.9 Å². The molecule has 0 amide bonds. The largest absolute Gasteiger partial charge is 0.497 e. The number of rotatable bonds is 3. The van der Waals surface area contributed by atoms with Crippen molar-refractivity contribution in [1.82, 2.24) is 0 Å². The first-order valence-corrected chi connectivity index (χ1v) is 6.90. The maximum absolute atomic E-state index is 10.5. The summed E-state index contributed by atoms with van der Waals surface area (Å²) in [5.74, 6) is 0.762. The quantitative estimate of drug-likeness (QED) is 0.779. The lowest BCUT2D eigenvalue weighted by Gasteiger charge is -2.10. The number of thiophene rings is 1. The number of fused-ring (bicyclic) bond motifs is 1. The molecule has 2 nitrogen and oxygen atoms in total. The van der Waals surface area contributed by atoms with Gasteiger partial charge in [-0.25, -0.2) is 0 Å². The van der Waals surface area contributed by atoms with E-state index in [-0.39, 0.29) is 0 Å². The number of benzene rings is 2. The number of hydrogen-bond acceptors (Lipinski definition) is 3. The molecule has 1 atom stereocenters. The van der Waals surface area contributed by atoms with E-state index in [9.17, 15) is 5.11 Å². The second kappa shape index (κ2) is 5.03. The first-order chi connectivity index (χ1) is 9.28. The predicted octanol–water partition coefficient (Wildman–Crippen LogP) is 3.99. The highest BCUT2D eigenvalue weighted by Gasteiger charge is 2.14. The van der Waals surface area contributed by atoms with Crippen LogP contribution in [0.5, 0.6) is 5.75 Å². The van der Waals surface area contributed by atoms with E-state index in [1.165, 1.54) is 10.1 Å². The first kappa shape index (κ1) is 12.2. The smallest absolute Gasteiger partial charge is 0.119 e. The van der Waals surface area contributed by atoms with Gasteiger partial charge in [0, 0.05) is 9.58 Å². The van der Waals surface area contributed by atoms with E-state index < -0.39 is 6.10 Å². The second-order valence-corrected chi connectivity index (χ2v) is 5.48. The van der Waals surface area contributed by atoms with Gasteiger partial charge in [-0.3, -0.25) is 0 Å². The van der Waals surface area contributed by atoms with Crippen LogP contribution in [0, 0.1) is 0 Å². The zero-order valence-electron chi connectivity index (χ0n) is 10.5. The Morgan fingerprint density at radius 1 is 1.05 bits per heavy atom. The Hall–Kier alpha value is -1.84. The van der Waals surface area contributed by atoms with Crippen LogP contribution in [0.25, 0.3) is 10.1 Å². The van der Waals surface area contributed by atoms with Crippen LogP contribution in [0.3, 0.4) is 0 Å². The van der Waals surface area contributed by atoms with Gasteiger partial charge in [-0.2, -0.15) is 0 Å². The molecule has 3 rings (SSSR count). The molecule has 0 radical (unpaired) electrons. The number of aliphatic hydroxyl groups excluding tert-OH is 1. The van der Waals surface area contributed by atoms with Crippen LogP contribution in [0.2, 0.25) is 0 Å².